The number of amides is 1. The van der Waals surface area contributed by atoms with Crippen molar-refractivity contribution in [2.24, 2.45) is 0 Å². The van der Waals surface area contributed by atoms with Gasteiger partial charge in [0.2, 0.25) is 5.91 Å². The fourth-order valence-corrected chi connectivity index (χ4v) is 2.43. The number of methoxy groups -OCH3 is 1. The number of rotatable bonds is 2. The Bertz CT molecular complexity index is 557. The Morgan fingerprint density at radius 3 is 2.84 bits per heavy atom. The van der Waals surface area contributed by atoms with Gasteiger partial charge >= 0.3 is 0 Å². The first-order chi connectivity index (χ1) is 8.95. The molecule has 0 radical (unpaired) electrons. The van der Waals surface area contributed by atoms with E-state index in [2.05, 4.69) is 5.32 Å². The van der Waals surface area contributed by atoms with E-state index in [0.29, 0.717) is 18.4 Å². The molecule has 0 heterocycles. The van der Waals surface area contributed by atoms with Crippen LogP contribution in [0.3, 0.4) is 0 Å². The highest BCUT2D eigenvalue weighted by Crippen LogP contribution is 2.35. The minimum Gasteiger partial charge on any atom is -0.493 e. The van der Waals surface area contributed by atoms with Gasteiger partial charge in [0.05, 0.1) is 13.2 Å². The van der Waals surface area contributed by atoms with Crippen LogP contribution in [-0.4, -0.2) is 24.8 Å². The predicted molar refractivity (Wildman–Crippen MR) is 67.6 cm³/mol. The number of Topliss-reactive ketones (excluding diaryl/α,β-unsaturated/α-hetero) is 1. The first kappa shape index (κ1) is 13.3. The lowest BCUT2D eigenvalue weighted by Gasteiger charge is -2.26. The van der Waals surface area contributed by atoms with Crippen LogP contribution in [0.1, 0.15) is 29.3 Å². The molecule has 1 aromatic carbocycles. The predicted octanol–water partition coefficient (Wildman–Crippen LogP) is 1.05. The first-order valence-corrected chi connectivity index (χ1v) is 5.91. The third kappa shape index (κ3) is 2.25. The second kappa shape index (κ2) is 4.87. The molecule has 0 aromatic heterocycles. The molecule has 102 valence electrons. The number of carbonyl (C=O) groups is 2. The lowest BCUT2D eigenvalue weighted by molar-refractivity contribution is -0.119. The zero-order valence-corrected chi connectivity index (χ0v) is 10.7. The van der Waals surface area contributed by atoms with Crippen LogP contribution in [-0.2, 0) is 11.2 Å². The van der Waals surface area contributed by atoms with Crippen molar-refractivity contribution in [1.82, 2.24) is 5.32 Å². The van der Waals surface area contributed by atoms with Crippen molar-refractivity contribution in [1.29, 1.82) is 0 Å². The third-order valence-electron chi connectivity index (χ3n) is 3.19. The van der Waals surface area contributed by atoms with Crippen LogP contribution in [0, 0.1) is 5.82 Å². The summed E-state index contributed by atoms with van der Waals surface area (Å²) in [6.07, 6.45) is 0.835. The van der Waals surface area contributed by atoms with E-state index in [1.807, 2.05) is 0 Å². The zero-order chi connectivity index (χ0) is 14.2. The minimum atomic E-state index is -0.609. The van der Waals surface area contributed by atoms with Gasteiger partial charge in [-0.15, -0.1) is 0 Å². The summed E-state index contributed by atoms with van der Waals surface area (Å²) in [6, 6.07) is 0.466. The van der Waals surface area contributed by atoms with E-state index in [1.165, 1.54) is 14.0 Å². The van der Waals surface area contributed by atoms with Gasteiger partial charge in [0.25, 0.3) is 0 Å². The number of benzene rings is 1. The monoisotopic (exact) mass is 266 g/mol. The van der Waals surface area contributed by atoms with Crippen LogP contribution in [0.5, 0.6) is 5.75 Å². The molecule has 0 saturated carbocycles. The van der Waals surface area contributed by atoms with Crippen molar-refractivity contribution in [2.45, 2.75) is 25.8 Å². The molecule has 6 heteroatoms. The van der Waals surface area contributed by atoms with Crippen molar-refractivity contribution in [3.8, 4) is 5.75 Å². The van der Waals surface area contributed by atoms with Crippen molar-refractivity contribution >= 4 is 17.4 Å². The summed E-state index contributed by atoms with van der Waals surface area (Å²) in [7, 11) is 1.35. The van der Waals surface area contributed by atoms with Crippen LogP contribution in [0.15, 0.2) is 6.07 Å². The summed E-state index contributed by atoms with van der Waals surface area (Å²) in [6.45, 7) is 1.34. The molecule has 0 saturated heterocycles. The molecule has 0 fully saturated rings. The fraction of sp³-hybridized carbons (Fsp3) is 0.385. The van der Waals surface area contributed by atoms with Crippen molar-refractivity contribution in [3.63, 3.8) is 0 Å². The van der Waals surface area contributed by atoms with E-state index in [0.717, 1.165) is 6.07 Å². The average molecular weight is 266 g/mol. The van der Waals surface area contributed by atoms with Gasteiger partial charge in [0.15, 0.2) is 17.3 Å². The fourth-order valence-electron chi connectivity index (χ4n) is 2.43. The standard InChI is InChI=1S/C13H15FN2O3/c1-6(17)16-10-4-3-7-11(12(10)18)9(15)5-8(14)13(7)19-2/h5,10H,3-4,15H2,1-2H3,(H,16,17). The lowest BCUT2D eigenvalue weighted by Crippen LogP contribution is -2.43. The average Bonchev–Trinajstić information content (AvgIpc) is 2.32. The third-order valence-corrected chi connectivity index (χ3v) is 3.19. The number of carbonyl (C=O) groups excluding carboxylic acids is 2. The molecular weight excluding hydrogens is 251 g/mol. The molecule has 1 atom stereocenters. The van der Waals surface area contributed by atoms with Gasteiger partial charge < -0.3 is 15.8 Å². The second-order valence-electron chi connectivity index (χ2n) is 4.49. The summed E-state index contributed by atoms with van der Waals surface area (Å²) < 4.78 is 18.7. The molecule has 5 nitrogen and oxygen atoms in total. The smallest absolute Gasteiger partial charge is 0.217 e. The summed E-state index contributed by atoms with van der Waals surface area (Å²) in [5, 5.41) is 2.57. The Hall–Kier alpha value is -2.11. The molecule has 1 unspecified atom stereocenters. The normalized spacial score (nSPS) is 17.8. The van der Waals surface area contributed by atoms with Gasteiger partial charge in [-0.25, -0.2) is 4.39 Å². The summed E-state index contributed by atoms with van der Waals surface area (Å²) >= 11 is 0. The number of nitrogens with two attached hydrogens (primary N) is 1. The molecule has 0 aliphatic heterocycles. The molecule has 3 N–H and O–H groups in total. The van der Waals surface area contributed by atoms with Gasteiger partial charge in [-0.2, -0.15) is 0 Å². The Morgan fingerprint density at radius 1 is 1.58 bits per heavy atom. The number of nitrogens with one attached hydrogen (secondary N) is 1. The van der Waals surface area contributed by atoms with Crippen molar-refractivity contribution in [2.75, 3.05) is 12.8 Å². The van der Waals surface area contributed by atoms with Gasteiger partial charge in [-0.1, -0.05) is 0 Å². The van der Waals surface area contributed by atoms with Gasteiger partial charge in [0.1, 0.15) is 0 Å². The maximum atomic E-state index is 13.7. The molecule has 0 spiro atoms. The summed E-state index contributed by atoms with van der Waals surface area (Å²) in [5.74, 6) is -1.11. The van der Waals surface area contributed by atoms with Crippen molar-refractivity contribution < 1.29 is 18.7 Å². The molecule has 1 aliphatic carbocycles. The number of anilines is 1. The van der Waals surface area contributed by atoms with E-state index in [1.54, 1.807) is 0 Å². The van der Waals surface area contributed by atoms with Crippen LogP contribution in [0.2, 0.25) is 0 Å². The van der Waals surface area contributed by atoms with Crippen LogP contribution in [0.25, 0.3) is 0 Å². The molecule has 1 aliphatic rings. The molecule has 0 bridgehead atoms. The number of halogens is 1. The van der Waals surface area contributed by atoms with Crippen LogP contribution in [0.4, 0.5) is 10.1 Å². The molecule has 1 aromatic rings. The van der Waals surface area contributed by atoms with Gasteiger partial charge in [0, 0.05) is 29.8 Å². The number of hydrogen-bond donors (Lipinski definition) is 2. The number of hydrogen-bond acceptors (Lipinski definition) is 4. The molecular formula is C13H15FN2O3. The van der Waals surface area contributed by atoms with Crippen LogP contribution >= 0.6 is 0 Å². The van der Waals surface area contributed by atoms with E-state index in [9.17, 15) is 14.0 Å². The highest BCUT2D eigenvalue weighted by molar-refractivity contribution is 6.08. The number of ether oxygens (including phenoxy) is 1. The van der Waals surface area contributed by atoms with Crippen molar-refractivity contribution in [3.05, 3.63) is 23.0 Å². The molecule has 19 heavy (non-hydrogen) atoms. The molecule has 1 amide bonds. The summed E-state index contributed by atoms with van der Waals surface area (Å²) in [5.41, 5.74) is 6.53. The van der Waals surface area contributed by atoms with E-state index < -0.39 is 11.9 Å². The van der Waals surface area contributed by atoms with E-state index in [4.69, 9.17) is 10.5 Å². The van der Waals surface area contributed by atoms with E-state index in [-0.39, 0.29) is 28.7 Å². The minimum absolute atomic E-state index is 0.0545. The number of fused-ring (bicyclic) bond motifs is 1. The Morgan fingerprint density at radius 2 is 2.26 bits per heavy atom. The maximum Gasteiger partial charge on any atom is 0.217 e. The maximum absolute atomic E-state index is 13.7. The highest BCUT2D eigenvalue weighted by atomic mass is 19.1. The Kier molecular flexibility index (Phi) is 3.42. The lowest BCUT2D eigenvalue weighted by atomic mass is 9.85. The van der Waals surface area contributed by atoms with E-state index >= 15 is 0 Å². The highest BCUT2D eigenvalue weighted by Gasteiger charge is 2.33. The molecule has 2 rings (SSSR count). The first-order valence-electron chi connectivity index (χ1n) is 5.91. The number of nitrogen functional groups attached to an aromatic ring is 1. The Balaban J connectivity index is 2.49. The largest absolute Gasteiger partial charge is 0.493 e. The quantitative estimate of drug-likeness (QED) is 0.784. The SMILES string of the molecule is COc1c(F)cc(N)c2c1CCC(NC(C)=O)C2=O. The summed E-state index contributed by atoms with van der Waals surface area (Å²) in [4.78, 5) is 23.3. The zero-order valence-electron chi connectivity index (χ0n) is 10.7. The van der Waals surface area contributed by atoms with Gasteiger partial charge in [-0.05, 0) is 12.8 Å². The second-order valence-corrected chi connectivity index (χ2v) is 4.49. The van der Waals surface area contributed by atoms with Crippen LogP contribution < -0.4 is 15.8 Å². The Labute approximate surface area is 109 Å². The topological polar surface area (TPSA) is 81.4 Å². The van der Waals surface area contributed by atoms with Gasteiger partial charge in [-0.3, -0.25) is 9.59 Å². The number of ketones is 1.